The second kappa shape index (κ2) is 4.06. The van der Waals surface area contributed by atoms with Gasteiger partial charge in [-0.1, -0.05) is 48.6 Å². The van der Waals surface area contributed by atoms with E-state index in [0.29, 0.717) is 0 Å². The fourth-order valence-electron chi connectivity index (χ4n) is 2.29. The predicted octanol–water partition coefficient (Wildman–Crippen LogP) is 2.91. The Labute approximate surface area is 100 Å². The summed E-state index contributed by atoms with van der Waals surface area (Å²) in [4.78, 5) is 11.8. The van der Waals surface area contributed by atoms with Gasteiger partial charge in [0.15, 0.2) is 0 Å². The number of fused-ring (bicyclic) bond motifs is 1. The number of carbonyl (C=O) groups is 1. The number of hydrogen-bond donors (Lipinski definition) is 1. The summed E-state index contributed by atoms with van der Waals surface area (Å²) in [5.74, 6) is 0.0214. The van der Waals surface area contributed by atoms with E-state index in [9.17, 15) is 4.79 Å². The average Bonchev–Trinajstić information content (AvgIpc) is 2.57. The van der Waals surface area contributed by atoms with E-state index in [0.717, 1.165) is 23.1 Å². The van der Waals surface area contributed by atoms with E-state index in [2.05, 4.69) is 29.6 Å². The molecule has 1 aromatic rings. The van der Waals surface area contributed by atoms with Crippen molar-refractivity contribution in [1.82, 2.24) is 5.32 Å². The smallest absolute Gasteiger partial charge is 0.252 e. The molecule has 0 saturated carbocycles. The lowest BCUT2D eigenvalue weighted by molar-refractivity contribution is 0.0960. The van der Waals surface area contributed by atoms with Gasteiger partial charge in [0.2, 0.25) is 0 Å². The van der Waals surface area contributed by atoms with Gasteiger partial charge in [0.05, 0.1) is 6.04 Å². The van der Waals surface area contributed by atoms with Crippen LogP contribution in [0.5, 0.6) is 0 Å². The van der Waals surface area contributed by atoms with Crippen molar-refractivity contribution in [2.24, 2.45) is 0 Å². The predicted molar refractivity (Wildman–Crippen MR) is 67.6 cm³/mol. The molecule has 3 rings (SSSR count). The average molecular weight is 223 g/mol. The monoisotopic (exact) mass is 223 g/mol. The molecule has 0 fully saturated rings. The molecule has 84 valence electrons. The maximum Gasteiger partial charge on any atom is 0.252 e. The first-order valence-electron chi connectivity index (χ1n) is 5.79. The second-order valence-corrected chi connectivity index (χ2v) is 4.23. The molecular weight excluding hydrogens is 210 g/mol. The van der Waals surface area contributed by atoms with Crippen LogP contribution in [-0.2, 0) is 0 Å². The maximum atomic E-state index is 11.8. The maximum absolute atomic E-state index is 11.8. The third kappa shape index (κ3) is 1.72. The SMILES string of the molecule is O=C1NC(C2=CC=CCC=C2)c2ccccc21. The molecule has 0 aromatic heterocycles. The van der Waals surface area contributed by atoms with Crippen molar-refractivity contribution in [3.8, 4) is 0 Å². The highest BCUT2D eigenvalue weighted by molar-refractivity contribution is 5.99. The van der Waals surface area contributed by atoms with Gasteiger partial charge in [0.25, 0.3) is 5.91 Å². The second-order valence-electron chi connectivity index (χ2n) is 4.23. The highest BCUT2D eigenvalue weighted by Gasteiger charge is 2.29. The zero-order valence-electron chi connectivity index (χ0n) is 9.39. The Morgan fingerprint density at radius 2 is 2.06 bits per heavy atom. The first-order valence-corrected chi connectivity index (χ1v) is 5.79. The summed E-state index contributed by atoms with van der Waals surface area (Å²) in [5, 5.41) is 3.02. The fraction of sp³-hybridized carbons (Fsp3) is 0.133. The van der Waals surface area contributed by atoms with Crippen LogP contribution in [0.1, 0.15) is 28.4 Å². The third-order valence-electron chi connectivity index (χ3n) is 3.13. The number of allylic oxidation sites excluding steroid dienone is 4. The minimum absolute atomic E-state index is 0.00213. The topological polar surface area (TPSA) is 29.1 Å². The molecule has 1 N–H and O–H groups in total. The lowest BCUT2D eigenvalue weighted by Gasteiger charge is -2.12. The quantitative estimate of drug-likeness (QED) is 0.779. The molecule has 1 amide bonds. The Bertz CT molecular complexity index is 552. The molecule has 0 spiro atoms. The first-order chi connectivity index (χ1) is 8.36. The van der Waals surface area contributed by atoms with E-state index in [1.165, 1.54) is 0 Å². The van der Waals surface area contributed by atoms with Crippen LogP contribution in [0.2, 0.25) is 0 Å². The van der Waals surface area contributed by atoms with E-state index in [1.54, 1.807) is 0 Å². The molecule has 1 aliphatic carbocycles. The van der Waals surface area contributed by atoms with Gasteiger partial charge < -0.3 is 5.32 Å². The molecule has 1 aromatic carbocycles. The minimum Gasteiger partial charge on any atom is -0.341 e. The molecule has 1 heterocycles. The number of benzene rings is 1. The van der Waals surface area contributed by atoms with Crippen molar-refractivity contribution < 1.29 is 4.79 Å². The summed E-state index contributed by atoms with van der Waals surface area (Å²) in [7, 11) is 0. The van der Waals surface area contributed by atoms with Crippen LogP contribution in [0.15, 0.2) is 60.2 Å². The highest BCUT2D eigenvalue weighted by atomic mass is 16.2. The molecule has 17 heavy (non-hydrogen) atoms. The summed E-state index contributed by atoms with van der Waals surface area (Å²) in [6.07, 6.45) is 11.4. The van der Waals surface area contributed by atoms with Gasteiger partial charge in [-0.05, 0) is 23.6 Å². The molecule has 0 radical (unpaired) electrons. The summed E-state index contributed by atoms with van der Waals surface area (Å²) in [6.45, 7) is 0. The normalized spacial score (nSPS) is 21.8. The van der Waals surface area contributed by atoms with Crippen LogP contribution >= 0.6 is 0 Å². The first kappa shape index (κ1) is 10.1. The van der Waals surface area contributed by atoms with Gasteiger partial charge in [-0.3, -0.25) is 4.79 Å². The van der Waals surface area contributed by atoms with Crippen LogP contribution in [-0.4, -0.2) is 5.91 Å². The van der Waals surface area contributed by atoms with Gasteiger partial charge >= 0.3 is 0 Å². The zero-order chi connectivity index (χ0) is 11.7. The van der Waals surface area contributed by atoms with Crippen LogP contribution in [0, 0.1) is 0 Å². The summed E-state index contributed by atoms with van der Waals surface area (Å²) >= 11 is 0. The molecule has 2 aliphatic rings. The van der Waals surface area contributed by atoms with Crippen LogP contribution in [0.25, 0.3) is 0 Å². The van der Waals surface area contributed by atoms with E-state index in [4.69, 9.17) is 0 Å². The molecule has 1 atom stereocenters. The van der Waals surface area contributed by atoms with E-state index in [-0.39, 0.29) is 11.9 Å². The van der Waals surface area contributed by atoms with Gasteiger partial charge in [0, 0.05) is 5.56 Å². The summed E-state index contributed by atoms with van der Waals surface area (Å²) in [5.41, 5.74) is 3.00. The van der Waals surface area contributed by atoms with Gasteiger partial charge in [-0.15, -0.1) is 0 Å². The van der Waals surface area contributed by atoms with Gasteiger partial charge in [0.1, 0.15) is 0 Å². The van der Waals surface area contributed by atoms with Crippen LogP contribution < -0.4 is 5.32 Å². The number of hydrogen-bond acceptors (Lipinski definition) is 1. The largest absolute Gasteiger partial charge is 0.341 e. The molecule has 1 aliphatic heterocycles. The molecule has 0 saturated heterocycles. The lowest BCUT2D eigenvalue weighted by Crippen LogP contribution is -2.19. The van der Waals surface area contributed by atoms with E-state index in [1.807, 2.05) is 30.3 Å². The van der Waals surface area contributed by atoms with Crippen molar-refractivity contribution >= 4 is 5.91 Å². The van der Waals surface area contributed by atoms with Crippen molar-refractivity contribution in [3.05, 3.63) is 71.3 Å². The standard InChI is InChI=1S/C15H13NO/c17-15-13-10-6-5-9-12(13)14(16-15)11-7-3-1-2-4-8-11/h1,3-10,14H,2H2,(H,16,17). The Morgan fingerprint density at radius 3 is 3.00 bits per heavy atom. The van der Waals surface area contributed by atoms with Crippen molar-refractivity contribution in [2.45, 2.75) is 12.5 Å². The van der Waals surface area contributed by atoms with E-state index < -0.39 is 0 Å². The van der Waals surface area contributed by atoms with Gasteiger partial charge in [-0.25, -0.2) is 0 Å². The molecule has 1 unspecified atom stereocenters. The fourth-order valence-corrected chi connectivity index (χ4v) is 2.29. The zero-order valence-corrected chi connectivity index (χ0v) is 9.39. The number of carbonyl (C=O) groups excluding carboxylic acids is 1. The highest BCUT2D eigenvalue weighted by Crippen LogP contribution is 2.31. The van der Waals surface area contributed by atoms with E-state index >= 15 is 0 Å². The van der Waals surface area contributed by atoms with Gasteiger partial charge in [-0.2, -0.15) is 0 Å². The third-order valence-corrected chi connectivity index (χ3v) is 3.13. The Morgan fingerprint density at radius 1 is 1.18 bits per heavy atom. The van der Waals surface area contributed by atoms with Crippen molar-refractivity contribution in [3.63, 3.8) is 0 Å². The molecule has 2 heteroatoms. The Hall–Kier alpha value is -2.09. The lowest BCUT2D eigenvalue weighted by atomic mass is 9.98. The molecule has 2 nitrogen and oxygen atoms in total. The van der Waals surface area contributed by atoms with Crippen molar-refractivity contribution in [1.29, 1.82) is 0 Å². The summed E-state index contributed by atoms with van der Waals surface area (Å²) < 4.78 is 0. The summed E-state index contributed by atoms with van der Waals surface area (Å²) in [6, 6.07) is 7.77. The molecular formula is C15H13NO. The van der Waals surface area contributed by atoms with Crippen molar-refractivity contribution in [2.75, 3.05) is 0 Å². The number of rotatable bonds is 1. The Balaban J connectivity index is 2.04. The minimum atomic E-state index is -0.00213. The molecule has 0 bridgehead atoms. The number of amides is 1. The number of nitrogens with one attached hydrogen (secondary N) is 1. The van der Waals surface area contributed by atoms with Crippen LogP contribution in [0.3, 0.4) is 0 Å². The Kier molecular flexibility index (Phi) is 2.41. The van der Waals surface area contributed by atoms with Crippen LogP contribution in [0.4, 0.5) is 0 Å².